The van der Waals surface area contributed by atoms with Gasteiger partial charge in [0.05, 0.1) is 23.3 Å². The van der Waals surface area contributed by atoms with Gasteiger partial charge in [-0.25, -0.2) is 24.3 Å². The fraction of sp³-hybridized carbons (Fsp3) is 0.294. The monoisotopic (exact) mass is 337 g/mol. The molecule has 128 valence electrons. The zero-order chi connectivity index (χ0) is 17.6. The molecule has 25 heavy (non-hydrogen) atoms. The number of para-hydroxylation sites is 2. The maximum atomic E-state index is 12.0. The molecule has 0 saturated carbocycles. The number of H-pyrrole nitrogens is 2. The Balaban J connectivity index is 1.71. The summed E-state index contributed by atoms with van der Waals surface area (Å²) in [6.45, 7) is 6.60. The molecule has 0 radical (unpaired) electrons. The number of aromatic nitrogens is 6. The molecule has 0 aliphatic carbocycles. The molecule has 0 atom stereocenters. The normalized spacial score (nSPS) is 12.1. The van der Waals surface area contributed by atoms with Crippen LogP contribution in [0.1, 0.15) is 32.3 Å². The third-order valence-electron chi connectivity index (χ3n) is 4.03. The first-order valence-corrected chi connectivity index (χ1v) is 8.07. The van der Waals surface area contributed by atoms with Crippen LogP contribution < -0.4 is 11.0 Å². The molecule has 0 amide bonds. The molecular weight excluding hydrogens is 318 g/mol. The number of hydrogen-bond donors (Lipinski definition) is 3. The smallest absolute Gasteiger partial charge is 0.347 e. The van der Waals surface area contributed by atoms with E-state index in [1.165, 1.54) is 4.40 Å². The van der Waals surface area contributed by atoms with Gasteiger partial charge in [-0.1, -0.05) is 32.9 Å². The van der Waals surface area contributed by atoms with Gasteiger partial charge in [0.1, 0.15) is 5.82 Å². The molecule has 3 N–H and O–H groups in total. The van der Waals surface area contributed by atoms with E-state index in [1.54, 1.807) is 6.20 Å². The van der Waals surface area contributed by atoms with E-state index in [-0.39, 0.29) is 11.1 Å². The Kier molecular flexibility index (Phi) is 3.34. The number of imidazole rings is 1. The summed E-state index contributed by atoms with van der Waals surface area (Å²) in [7, 11) is 0. The Labute approximate surface area is 143 Å². The molecule has 8 heteroatoms. The number of fused-ring (bicyclic) bond motifs is 2. The lowest BCUT2D eigenvalue weighted by Crippen LogP contribution is -2.19. The molecule has 0 bridgehead atoms. The minimum Gasteiger partial charge on any atom is -0.360 e. The van der Waals surface area contributed by atoms with Crippen LogP contribution in [-0.2, 0) is 12.0 Å². The van der Waals surface area contributed by atoms with Crippen molar-refractivity contribution in [2.24, 2.45) is 0 Å². The predicted molar refractivity (Wildman–Crippen MR) is 95.7 cm³/mol. The van der Waals surface area contributed by atoms with Gasteiger partial charge in [0.2, 0.25) is 5.65 Å². The molecular formula is C17H19N7O. The molecule has 1 aromatic carbocycles. The highest BCUT2D eigenvalue weighted by Crippen LogP contribution is 2.23. The zero-order valence-electron chi connectivity index (χ0n) is 14.3. The van der Waals surface area contributed by atoms with Crippen LogP contribution in [0.3, 0.4) is 0 Å². The summed E-state index contributed by atoms with van der Waals surface area (Å²) in [5, 5.41) is 9.78. The van der Waals surface area contributed by atoms with E-state index in [0.717, 1.165) is 22.6 Å². The summed E-state index contributed by atoms with van der Waals surface area (Å²) in [5.74, 6) is 1.34. The lowest BCUT2D eigenvalue weighted by Gasteiger charge is -2.18. The van der Waals surface area contributed by atoms with Crippen LogP contribution in [-0.4, -0.2) is 29.5 Å². The van der Waals surface area contributed by atoms with E-state index in [4.69, 9.17) is 0 Å². The summed E-state index contributed by atoms with van der Waals surface area (Å²) in [6.07, 6.45) is 1.73. The largest absolute Gasteiger partial charge is 0.360 e. The van der Waals surface area contributed by atoms with Gasteiger partial charge in [0, 0.05) is 11.6 Å². The fourth-order valence-corrected chi connectivity index (χ4v) is 2.65. The number of nitrogens with one attached hydrogen (secondary N) is 3. The lowest BCUT2D eigenvalue weighted by atomic mass is 9.93. The highest BCUT2D eigenvalue weighted by atomic mass is 16.1. The highest BCUT2D eigenvalue weighted by molar-refractivity contribution is 5.74. The van der Waals surface area contributed by atoms with Gasteiger partial charge in [-0.2, -0.15) is 0 Å². The molecule has 0 spiro atoms. The number of aromatic amines is 2. The Hall–Kier alpha value is -3.16. The van der Waals surface area contributed by atoms with Crippen molar-refractivity contribution >= 4 is 22.5 Å². The summed E-state index contributed by atoms with van der Waals surface area (Å²) < 4.78 is 1.48. The highest BCUT2D eigenvalue weighted by Gasteiger charge is 2.20. The maximum absolute atomic E-state index is 12.0. The van der Waals surface area contributed by atoms with Crippen LogP contribution in [0.4, 0.5) is 5.82 Å². The SMILES string of the molecule is CC(C)(C)c1cn2c(=O)[nH]nc2c(NCc2nc3ccccc3[nH]2)n1. The molecule has 4 rings (SSSR count). The standard InChI is InChI=1S/C17H19N7O/c1-17(2,3)12-9-24-15(22-23-16(24)25)14(21-12)18-8-13-19-10-6-4-5-7-11(10)20-13/h4-7,9H,8H2,1-3H3,(H,18,21)(H,19,20)(H,23,25). The van der Waals surface area contributed by atoms with E-state index in [9.17, 15) is 4.79 Å². The first kappa shape index (κ1) is 15.4. The molecule has 3 heterocycles. The quantitative estimate of drug-likeness (QED) is 0.532. The molecule has 4 aromatic rings. The van der Waals surface area contributed by atoms with E-state index >= 15 is 0 Å². The second kappa shape index (κ2) is 5.44. The minimum atomic E-state index is -0.283. The Morgan fingerprint density at radius 2 is 2.00 bits per heavy atom. The summed E-state index contributed by atoms with van der Waals surface area (Å²) >= 11 is 0. The van der Waals surface area contributed by atoms with Gasteiger partial charge in [0.25, 0.3) is 0 Å². The van der Waals surface area contributed by atoms with Crippen molar-refractivity contribution in [3.8, 4) is 0 Å². The van der Waals surface area contributed by atoms with E-state index in [2.05, 4.69) is 51.2 Å². The third-order valence-corrected chi connectivity index (χ3v) is 4.03. The molecule has 0 unspecified atom stereocenters. The van der Waals surface area contributed by atoms with Crippen molar-refractivity contribution in [3.63, 3.8) is 0 Å². The van der Waals surface area contributed by atoms with Gasteiger partial charge in [-0.05, 0) is 12.1 Å². The van der Waals surface area contributed by atoms with Crippen molar-refractivity contribution in [1.29, 1.82) is 0 Å². The number of benzene rings is 1. The van der Waals surface area contributed by atoms with Gasteiger partial charge >= 0.3 is 5.69 Å². The number of rotatable bonds is 3. The predicted octanol–water partition coefficient (Wildman–Crippen LogP) is 2.20. The van der Waals surface area contributed by atoms with E-state index < -0.39 is 0 Å². The van der Waals surface area contributed by atoms with Crippen LogP contribution in [0, 0.1) is 0 Å². The van der Waals surface area contributed by atoms with Crippen LogP contribution in [0.15, 0.2) is 35.3 Å². The van der Waals surface area contributed by atoms with Crippen molar-refractivity contribution in [1.82, 2.24) is 29.5 Å². The number of hydrogen-bond acceptors (Lipinski definition) is 5. The summed E-state index contributed by atoms with van der Waals surface area (Å²) in [4.78, 5) is 24.4. The lowest BCUT2D eigenvalue weighted by molar-refractivity contribution is 0.565. The van der Waals surface area contributed by atoms with Crippen molar-refractivity contribution in [2.45, 2.75) is 32.7 Å². The van der Waals surface area contributed by atoms with Gasteiger partial charge in [-0.15, -0.1) is 5.10 Å². The second-order valence-corrected chi connectivity index (χ2v) is 7.00. The van der Waals surface area contributed by atoms with Gasteiger partial charge in [0.15, 0.2) is 5.82 Å². The van der Waals surface area contributed by atoms with Gasteiger partial charge in [-0.3, -0.25) is 0 Å². The molecule has 3 aromatic heterocycles. The fourth-order valence-electron chi connectivity index (χ4n) is 2.65. The van der Waals surface area contributed by atoms with Crippen LogP contribution >= 0.6 is 0 Å². The third kappa shape index (κ3) is 2.75. The first-order chi connectivity index (χ1) is 11.9. The van der Waals surface area contributed by atoms with Crippen LogP contribution in [0.25, 0.3) is 16.7 Å². The average Bonchev–Trinajstić information content (AvgIpc) is 3.15. The van der Waals surface area contributed by atoms with E-state index in [0.29, 0.717) is 18.0 Å². The molecule has 0 aliphatic rings. The zero-order valence-corrected chi connectivity index (χ0v) is 14.3. The maximum Gasteiger partial charge on any atom is 0.347 e. The first-order valence-electron chi connectivity index (χ1n) is 8.07. The minimum absolute atomic E-state index is 0.194. The van der Waals surface area contributed by atoms with Gasteiger partial charge < -0.3 is 10.3 Å². The van der Waals surface area contributed by atoms with Crippen LogP contribution in [0.2, 0.25) is 0 Å². The van der Waals surface area contributed by atoms with Crippen molar-refractivity contribution in [2.75, 3.05) is 5.32 Å². The summed E-state index contributed by atoms with van der Waals surface area (Å²) in [6, 6.07) is 7.86. The Bertz CT molecular complexity index is 1080. The molecule has 0 fully saturated rings. The van der Waals surface area contributed by atoms with Crippen LogP contribution in [0.5, 0.6) is 0 Å². The molecule has 0 aliphatic heterocycles. The number of anilines is 1. The average molecular weight is 337 g/mol. The summed E-state index contributed by atoms with van der Waals surface area (Å²) in [5.41, 5.74) is 2.69. The molecule has 0 saturated heterocycles. The topological polar surface area (TPSA) is 104 Å². The number of nitrogens with zero attached hydrogens (tertiary/aromatic N) is 4. The van der Waals surface area contributed by atoms with E-state index in [1.807, 2.05) is 24.3 Å². The van der Waals surface area contributed by atoms with Crippen molar-refractivity contribution < 1.29 is 0 Å². The Morgan fingerprint density at radius 3 is 2.76 bits per heavy atom. The van der Waals surface area contributed by atoms with Crippen molar-refractivity contribution in [3.05, 3.63) is 52.5 Å². The molecule has 8 nitrogen and oxygen atoms in total. The second-order valence-electron chi connectivity index (χ2n) is 7.00. The Morgan fingerprint density at radius 1 is 1.20 bits per heavy atom.